The lowest BCUT2D eigenvalue weighted by molar-refractivity contribution is 0.0951. The summed E-state index contributed by atoms with van der Waals surface area (Å²) in [6.45, 7) is 0. The summed E-state index contributed by atoms with van der Waals surface area (Å²) in [7, 11) is 0. The maximum Gasteiger partial charge on any atom is 0.185 e. The van der Waals surface area contributed by atoms with Crippen molar-refractivity contribution in [1.82, 2.24) is 0 Å². The number of halogens is 1. The van der Waals surface area contributed by atoms with Gasteiger partial charge in [-0.05, 0) is 29.3 Å². The van der Waals surface area contributed by atoms with Crippen molar-refractivity contribution in [1.29, 1.82) is 10.5 Å². The Kier molecular flexibility index (Phi) is 4.93. The van der Waals surface area contributed by atoms with Gasteiger partial charge < -0.3 is 4.90 Å². The van der Waals surface area contributed by atoms with Gasteiger partial charge in [0.2, 0.25) is 0 Å². The smallest absolute Gasteiger partial charge is 0.185 e. The molecule has 3 aromatic carbocycles. The molecular formula is C27H18BrN3O. The third-order valence-electron chi connectivity index (χ3n) is 6.45. The quantitative estimate of drug-likeness (QED) is 0.449. The normalized spacial score (nSPS) is 22.3. The number of benzene rings is 3. The zero-order valence-corrected chi connectivity index (χ0v) is 18.6. The number of nitriles is 2. The number of hydrogen-bond acceptors (Lipinski definition) is 4. The summed E-state index contributed by atoms with van der Waals surface area (Å²) in [6, 6.07) is 27.9. The molecule has 3 aromatic rings. The second-order valence-corrected chi connectivity index (χ2v) is 8.99. The maximum atomic E-state index is 14.0. The van der Waals surface area contributed by atoms with Crippen molar-refractivity contribution >= 4 is 33.5 Å². The molecular weight excluding hydrogens is 462 g/mol. The number of nitrogens with zero attached hydrogens (tertiary/aromatic N) is 3. The Labute approximate surface area is 195 Å². The van der Waals surface area contributed by atoms with E-state index in [1.165, 1.54) is 0 Å². The summed E-state index contributed by atoms with van der Waals surface area (Å²) < 4.78 is 0.927. The average molecular weight is 480 g/mol. The predicted octanol–water partition coefficient (Wildman–Crippen LogP) is 5.73. The van der Waals surface area contributed by atoms with Gasteiger partial charge in [0.15, 0.2) is 11.2 Å². The van der Waals surface area contributed by atoms with Crippen LogP contribution in [0, 0.1) is 28.1 Å². The van der Waals surface area contributed by atoms with E-state index >= 15 is 0 Å². The van der Waals surface area contributed by atoms with Gasteiger partial charge in [-0.15, -0.1) is 0 Å². The van der Waals surface area contributed by atoms with Crippen molar-refractivity contribution < 1.29 is 4.79 Å². The molecule has 0 amide bonds. The number of anilines is 1. The van der Waals surface area contributed by atoms with Gasteiger partial charge in [-0.2, -0.15) is 10.5 Å². The number of Topliss-reactive ketones (excluding diaryl/α,β-unsaturated/α-hetero) is 1. The zero-order chi connectivity index (χ0) is 22.3. The molecule has 0 radical (unpaired) electrons. The summed E-state index contributed by atoms with van der Waals surface area (Å²) in [6.07, 6.45) is 3.84. The Morgan fingerprint density at radius 2 is 1.59 bits per heavy atom. The van der Waals surface area contributed by atoms with Crippen LogP contribution >= 0.6 is 15.9 Å². The third-order valence-corrected chi connectivity index (χ3v) is 6.95. The lowest BCUT2D eigenvalue weighted by Gasteiger charge is -2.35. The minimum absolute atomic E-state index is 0.0963. The number of rotatable bonds is 3. The van der Waals surface area contributed by atoms with Crippen LogP contribution in [-0.4, -0.2) is 17.9 Å². The Bertz CT molecular complexity index is 1290. The van der Waals surface area contributed by atoms with Crippen LogP contribution in [-0.2, 0) is 0 Å². The van der Waals surface area contributed by atoms with Crippen LogP contribution < -0.4 is 4.90 Å². The average Bonchev–Trinajstić information content (AvgIpc) is 3.15. The molecule has 0 N–H and O–H groups in total. The molecule has 0 spiro atoms. The van der Waals surface area contributed by atoms with Gasteiger partial charge in [0.05, 0.1) is 18.2 Å². The van der Waals surface area contributed by atoms with Crippen molar-refractivity contribution in [3.8, 4) is 12.1 Å². The molecule has 0 unspecified atom stereocenters. The molecule has 0 aromatic heterocycles. The first-order valence-electron chi connectivity index (χ1n) is 10.3. The molecule has 2 aliphatic heterocycles. The number of carbonyl (C=O) groups excluding carboxylic acids is 1. The van der Waals surface area contributed by atoms with Crippen LogP contribution in [0.15, 0.2) is 89.4 Å². The Morgan fingerprint density at radius 1 is 0.938 bits per heavy atom. The van der Waals surface area contributed by atoms with Crippen LogP contribution in [0.3, 0.4) is 0 Å². The van der Waals surface area contributed by atoms with Gasteiger partial charge >= 0.3 is 0 Å². The molecule has 0 aliphatic carbocycles. The zero-order valence-electron chi connectivity index (χ0n) is 17.0. The van der Waals surface area contributed by atoms with E-state index < -0.39 is 23.4 Å². The van der Waals surface area contributed by atoms with E-state index in [-0.39, 0.29) is 5.78 Å². The number of fused-ring (bicyclic) bond motifs is 3. The number of hydrogen-bond donors (Lipinski definition) is 0. The van der Waals surface area contributed by atoms with Crippen molar-refractivity contribution in [2.24, 2.45) is 5.41 Å². The minimum atomic E-state index is -1.42. The van der Waals surface area contributed by atoms with Crippen LogP contribution in [0.2, 0.25) is 0 Å². The fourth-order valence-corrected chi connectivity index (χ4v) is 5.45. The van der Waals surface area contributed by atoms with Gasteiger partial charge in [-0.1, -0.05) is 88.7 Å². The lowest BCUT2D eigenvalue weighted by atomic mass is 9.69. The van der Waals surface area contributed by atoms with Gasteiger partial charge in [0.25, 0.3) is 0 Å². The van der Waals surface area contributed by atoms with E-state index in [2.05, 4.69) is 28.1 Å². The van der Waals surface area contributed by atoms with Crippen molar-refractivity contribution in [3.63, 3.8) is 0 Å². The summed E-state index contributed by atoms with van der Waals surface area (Å²) in [5, 5.41) is 20.8. The van der Waals surface area contributed by atoms with E-state index in [0.29, 0.717) is 5.56 Å². The fraction of sp³-hybridized carbons (Fsp3) is 0.148. The standard InChI is InChI=1S/C27H18BrN3O/c28-21-12-13-22-20(15-21)11-14-23-27(16-29,17-30)24(18-7-3-1-4-8-18)25(31(22)23)26(32)19-9-5-2-6-10-19/h1-15,23-25H/t23-,24-,25+/m1/s1. The molecule has 1 fully saturated rings. The Morgan fingerprint density at radius 3 is 2.25 bits per heavy atom. The van der Waals surface area contributed by atoms with Crippen molar-refractivity contribution in [2.75, 3.05) is 4.90 Å². The van der Waals surface area contributed by atoms with Crippen LogP contribution in [0.5, 0.6) is 0 Å². The van der Waals surface area contributed by atoms with Crippen LogP contribution in [0.25, 0.3) is 6.08 Å². The molecule has 1 saturated heterocycles. The van der Waals surface area contributed by atoms with E-state index in [1.807, 2.05) is 83.8 Å². The van der Waals surface area contributed by atoms with E-state index in [4.69, 9.17) is 0 Å². The predicted molar refractivity (Wildman–Crippen MR) is 127 cm³/mol. The van der Waals surface area contributed by atoms with Crippen LogP contribution in [0.1, 0.15) is 27.4 Å². The molecule has 154 valence electrons. The largest absolute Gasteiger partial charge is 0.351 e. The van der Waals surface area contributed by atoms with Gasteiger partial charge in [0.1, 0.15) is 6.04 Å². The minimum Gasteiger partial charge on any atom is -0.351 e. The van der Waals surface area contributed by atoms with Crippen molar-refractivity contribution in [2.45, 2.75) is 18.0 Å². The lowest BCUT2D eigenvalue weighted by Crippen LogP contribution is -2.44. The SMILES string of the molecule is N#CC1(C#N)[C@H](c2ccccc2)[C@@H](C(=O)c2ccccc2)N2c3ccc(Br)cc3C=C[C@@H]21. The summed E-state index contributed by atoms with van der Waals surface area (Å²) in [5.74, 6) is -0.711. The molecule has 4 nitrogen and oxygen atoms in total. The molecule has 5 heteroatoms. The molecule has 0 saturated carbocycles. The number of ketones is 1. The van der Waals surface area contributed by atoms with Gasteiger partial charge in [-0.3, -0.25) is 4.79 Å². The molecule has 5 rings (SSSR count). The maximum absolute atomic E-state index is 14.0. The highest BCUT2D eigenvalue weighted by atomic mass is 79.9. The van der Waals surface area contributed by atoms with Crippen LogP contribution in [0.4, 0.5) is 5.69 Å². The summed E-state index contributed by atoms with van der Waals surface area (Å²) in [5.41, 5.74) is 1.75. The Hall–Kier alpha value is -3.67. The summed E-state index contributed by atoms with van der Waals surface area (Å²) >= 11 is 3.52. The topological polar surface area (TPSA) is 67.9 Å². The first-order valence-corrected chi connectivity index (χ1v) is 11.1. The highest BCUT2D eigenvalue weighted by molar-refractivity contribution is 9.10. The molecule has 0 bridgehead atoms. The molecule has 2 aliphatic rings. The first-order chi connectivity index (χ1) is 15.6. The molecule has 2 heterocycles. The number of carbonyl (C=O) groups is 1. The highest BCUT2D eigenvalue weighted by Gasteiger charge is 2.63. The van der Waals surface area contributed by atoms with Crippen molar-refractivity contribution in [3.05, 3.63) is 106 Å². The van der Waals surface area contributed by atoms with E-state index in [0.717, 1.165) is 21.3 Å². The monoisotopic (exact) mass is 479 g/mol. The summed E-state index contributed by atoms with van der Waals surface area (Å²) in [4.78, 5) is 16.0. The highest BCUT2D eigenvalue weighted by Crippen LogP contribution is 2.55. The first kappa shape index (κ1) is 20.2. The third kappa shape index (κ3) is 2.90. The second kappa shape index (κ2) is 7.79. The molecule has 3 atom stereocenters. The van der Waals surface area contributed by atoms with E-state index in [9.17, 15) is 15.3 Å². The Balaban J connectivity index is 1.79. The van der Waals surface area contributed by atoms with E-state index in [1.54, 1.807) is 12.1 Å². The second-order valence-electron chi connectivity index (χ2n) is 8.07. The van der Waals surface area contributed by atoms with Gasteiger partial charge in [-0.25, -0.2) is 0 Å². The van der Waals surface area contributed by atoms with Gasteiger partial charge in [0, 0.05) is 21.6 Å². The molecule has 32 heavy (non-hydrogen) atoms. The fourth-order valence-electron chi connectivity index (χ4n) is 5.07.